The van der Waals surface area contributed by atoms with Crippen molar-refractivity contribution in [2.45, 2.75) is 252 Å². The fraction of sp³-hybridized carbons (Fsp3) is 0.586. The average Bonchev–Trinajstić information content (AvgIpc) is 3.42. The molecule has 0 aromatic rings. The van der Waals surface area contributed by atoms with Gasteiger partial charge < -0.3 is 14.2 Å². The van der Waals surface area contributed by atoms with Crippen LogP contribution in [0.5, 0.6) is 0 Å². The van der Waals surface area contributed by atoms with Gasteiger partial charge in [-0.2, -0.15) is 0 Å². The molecule has 6 heteroatoms. The van der Waals surface area contributed by atoms with Crippen molar-refractivity contribution in [3.63, 3.8) is 0 Å². The Balaban J connectivity index is 4.53. The fourth-order valence-corrected chi connectivity index (χ4v) is 7.73. The first-order chi connectivity index (χ1) is 37.5. The van der Waals surface area contributed by atoms with Crippen molar-refractivity contribution in [2.75, 3.05) is 13.2 Å². The summed E-state index contributed by atoms with van der Waals surface area (Å²) in [5.41, 5.74) is 0. The molecular weight excluding hydrogens is 937 g/mol. The summed E-state index contributed by atoms with van der Waals surface area (Å²) in [6.45, 7) is 6.30. The number of carbonyl (C=O) groups is 3. The van der Waals surface area contributed by atoms with E-state index in [9.17, 15) is 14.4 Å². The maximum atomic E-state index is 12.9. The number of carbonyl (C=O) groups excluding carboxylic acids is 3. The maximum Gasteiger partial charge on any atom is 0.306 e. The lowest BCUT2D eigenvalue weighted by atomic mass is 10.1. The molecule has 0 bridgehead atoms. The minimum Gasteiger partial charge on any atom is -0.462 e. The number of hydrogen-bond donors (Lipinski definition) is 0. The van der Waals surface area contributed by atoms with Gasteiger partial charge in [-0.15, -0.1) is 0 Å². The Kier molecular flexibility index (Phi) is 58.5. The van der Waals surface area contributed by atoms with E-state index in [-0.39, 0.29) is 37.5 Å². The average molecular weight is 1050 g/mol. The second-order valence-corrected chi connectivity index (χ2v) is 19.5. The molecule has 0 radical (unpaired) electrons. The molecule has 0 aliphatic carbocycles. The zero-order chi connectivity index (χ0) is 55.0. The molecule has 426 valence electrons. The molecule has 1 unspecified atom stereocenters. The van der Waals surface area contributed by atoms with Crippen molar-refractivity contribution < 1.29 is 28.6 Å². The topological polar surface area (TPSA) is 78.9 Å². The van der Waals surface area contributed by atoms with Gasteiger partial charge in [0.2, 0.25) is 0 Å². The van der Waals surface area contributed by atoms with Crippen LogP contribution >= 0.6 is 0 Å². The van der Waals surface area contributed by atoms with E-state index in [1.165, 1.54) is 51.4 Å². The molecule has 0 spiro atoms. The molecule has 76 heavy (non-hydrogen) atoms. The van der Waals surface area contributed by atoms with Crippen molar-refractivity contribution >= 4 is 17.9 Å². The van der Waals surface area contributed by atoms with E-state index in [1.807, 2.05) is 0 Å². The standard InChI is InChI=1S/C70H110O6/c1-4-7-10-13-16-19-22-25-28-30-32-34-35-37-38-40-42-45-48-51-54-57-60-63-69(72)75-66-67(65-74-68(71)62-59-56-53-50-47-44-27-24-21-18-15-12-9-6-3)76-70(73)64-61-58-55-52-49-46-43-41-39-36-33-31-29-26-23-20-17-14-11-8-5-2/h7-8,10-11,15-20,24-29,32-34,36-38,42,45,51,54,67H,4-6,9,12-14,21-23,30-31,35,39-41,43-44,46-50,52-53,55-66H2,1-3H3/b10-7-,11-8-,18-15-,19-16-,20-17-,27-24-,28-25-,29-26-,34-32-,36-33-,38-37-,45-42-,54-51-. The van der Waals surface area contributed by atoms with Crippen LogP contribution in [0.15, 0.2) is 158 Å². The van der Waals surface area contributed by atoms with Crippen LogP contribution in [0, 0.1) is 0 Å². The van der Waals surface area contributed by atoms with Gasteiger partial charge in [-0.3, -0.25) is 14.4 Å². The summed E-state index contributed by atoms with van der Waals surface area (Å²) in [6.07, 6.45) is 91.0. The predicted molar refractivity (Wildman–Crippen MR) is 329 cm³/mol. The van der Waals surface area contributed by atoms with E-state index < -0.39 is 6.10 Å². The van der Waals surface area contributed by atoms with Gasteiger partial charge >= 0.3 is 17.9 Å². The Morgan fingerprint density at radius 1 is 0.276 bits per heavy atom. The summed E-state index contributed by atoms with van der Waals surface area (Å²) < 4.78 is 16.8. The first-order valence-electron chi connectivity index (χ1n) is 30.5. The van der Waals surface area contributed by atoms with E-state index in [4.69, 9.17) is 14.2 Å². The zero-order valence-corrected chi connectivity index (χ0v) is 48.7. The van der Waals surface area contributed by atoms with Crippen molar-refractivity contribution in [2.24, 2.45) is 0 Å². The zero-order valence-electron chi connectivity index (χ0n) is 48.7. The van der Waals surface area contributed by atoms with Crippen LogP contribution < -0.4 is 0 Å². The molecule has 0 aromatic carbocycles. The Labute approximate surface area is 467 Å². The molecule has 0 fully saturated rings. The number of rotatable bonds is 53. The van der Waals surface area contributed by atoms with E-state index in [0.29, 0.717) is 19.3 Å². The van der Waals surface area contributed by atoms with Gasteiger partial charge in [-0.05, 0) is 135 Å². The van der Waals surface area contributed by atoms with E-state index in [0.717, 1.165) is 148 Å². The summed E-state index contributed by atoms with van der Waals surface area (Å²) in [5, 5.41) is 0. The molecule has 0 saturated heterocycles. The maximum absolute atomic E-state index is 12.9. The third-order valence-corrected chi connectivity index (χ3v) is 12.2. The number of esters is 3. The van der Waals surface area contributed by atoms with Crippen molar-refractivity contribution in [1.82, 2.24) is 0 Å². The second-order valence-electron chi connectivity index (χ2n) is 19.5. The van der Waals surface area contributed by atoms with E-state index >= 15 is 0 Å². The molecule has 6 nitrogen and oxygen atoms in total. The monoisotopic (exact) mass is 1050 g/mol. The Bertz CT molecular complexity index is 1720. The quantitative estimate of drug-likeness (QED) is 0.0261. The van der Waals surface area contributed by atoms with Crippen LogP contribution in [0.25, 0.3) is 0 Å². The molecule has 0 heterocycles. The molecule has 0 aliphatic rings. The number of ether oxygens (including phenoxy) is 3. The molecule has 0 aliphatic heterocycles. The molecule has 0 saturated carbocycles. The molecule has 0 rings (SSSR count). The lowest BCUT2D eigenvalue weighted by molar-refractivity contribution is -0.167. The van der Waals surface area contributed by atoms with Gasteiger partial charge in [0, 0.05) is 19.3 Å². The molecular formula is C70H110O6. The van der Waals surface area contributed by atoms with Crippen molar-refractivity contribution in [3.8, 4) is 0 Å². The third-order valence-electron chi connectivity index (χ3n) is 12.2. The Morgan fingerprint density at radius 3 is 0.855 bits per heavy atom. The normalized spacial score (nSPS) is 13.2. The minimum atomic E-state index is -0.821. The summed E-state index contributed by atoms with van der Waals surface area (Å²) in [4.78, 5) is 38.3. The third kappa shape index (κ3) is 59.9. The Hall–Kier alpha value is -4.97. The van der Waals surface area contributed by atoms with Crippen molar-refractivity contribution in [1.29, 1.82) is 0 Å². The largest absolute Gasteiger partial charge is 0.462 e. The van der Waals surface area contributed by atoms with Crippen LogP contribution in [0.3, 0.4) is 0 Å². The lowest BCUT2D eigenvalue weighted by Crippen LogP contribution is -2.30. The highest BCUT2D eigenvalue weighted by atomic mass is 16.6. The second kappa shape index (κ2) is 62.6. The molecule has 0 amide bonds. The van der Waals surface area contributed by atoms with E-state index in [1.54, 1.807) is 0 Å². The van der Waals surface area contributed by atoms with E-state index in [2.05, 4.69) is 179 Å². The highest BCUT2D eigenvalue weighted by molar-refractivity contribution is 5.71. The fourth-order valence-electron chi connectivity index (χ4n) is 7.73. The van der Waals surface area contributed by atoms with Crippen LogP contribution in [-0.4, -0.2) is 37.2 Å². The van der Waals surface area contributed by atoms with Gasteiger partial charge in [-0.25, -0.2) is 0 Å². The summed E-state index contributed by atoms with van der Waals surface area (Å²) in [6, 6.07) is 0. The smallest absolute Gasteiger partial charge is 0.306 e. The SMILES string of the molecule is CC/C=C\C/C=C\C/C=C\C/C=C\C/C=C\C/C=C\C/C=C\CCCC(=O)OCC(COC(=O)CCCCCCC/C=C\C/C=C\CCCC)OC(=O)CCCCCCCCCC/C=C\C/C=C\C/C=C\C/C=C\CC. The minimum absolute atomic E-state index is 0.113. The van der Waals surface area contributed by atoms with Gasteiger partial charge in [-0.1, -0.05) is 249 Å². The number of unbranched alkanes of at least 4 members (excludes halogenated alkanes) is 16. The number of allylic oxidation sites excluding steroid dienone is 26. The van der Waals surface area contributed by atoms with Crippen LogP contribution in [0.4, 0.5) is 0 Å². The number of hydrogen-bond acceptors (Lipinski definition) is 6. The highest BCUT2D eigenvalue weighted by Crippen LogP contribution is 2.14. The van der Waals surface area contributed by atoms with Gasteiger partial charge in [0.15, 0.2) is 6.10 Å². The van der Waals surface area contributed by atoms with Crippen LogP contribution in [0.2, 0.25) is 0 Å². The molecule has 1 atom stereocenters. The van der Waals surface area contributed by atoms with Crippen LogP contribution in [-0.2, 0) is 28.6 Å². The first kappa shape index (κ1) is 71.0. The summed E-state index contributed by atoms with van der Waals surface area (Å²) >= 11 is 0. The van der Waals surface area contributed by atoms with Gasteiger partial charge in [0.1, 0.15) is 13.2 Å². The highest BCUT2D eigenvalue weighted by Gasteiger charge is 2.19. The summed E-state index contributed by atoms with van der Waals surface area (Å²) in [7, 11) is 0. The van der Waals surface area contributed by atoms with Crippen molar-refractivity contribution in [3.05, 3.63) is 158 Å². The predicted octanol–water partition coefficient (Wildman–Crippen LogP) is 20.9. The molecule has 0 N–H and O–H groups in total. The summed E-state index contributed by atoms with van der Waals surface area (Å²) in [5.74, 6) is -1.00. The lowest BCUT2D eigenvalue weighted by Gasteiger charge is -2.18. The van der Waals surface area contributed by atoms with Gasteiger partial charge in [0.25, 0.3) is 0 Å². The first-order valence-corrected chi connectivity index (χ1v) is 30.5. The molecule has 0 aromatic heterocycles. The van der Waals surface area contributed by atoms with Gasteiger partial charge in [0.05, 0.1) is 0 Å². The van der Waals surface area contributed by atoms with Crippen LogP contribution in [0.1, 0.15) is 245 Å². The Morgan fingerprint density at radius 2 is 0.526 bits per heavy atom.